The molecular weight excluding hydrogens is 180 g/mol. The molecule has 72 valence electrons. The van der Waals surface area contributed by atoms with Crippen molar-refractivity contribution in [1.29, 1.82) is 0 Å². The van der Waals surface area contributed by atoms with Crippen LogP contribution in [0.2, 0.25) is 0 Å². The lowest BCUT2D eigenvalue weighted by Gasteiger charge is -2.07. The van der Waals surface area contributed by atoms with Gasteiger partial charge < -0.3 is 13.9 Å². The molecule has 1 aromatic heterocycles. The van der Waals surface area contributed by atoms with Crippen LogP contribution in [0.5, 0.6) is 0 Å². The van der Waals surface area contributed by atoms with Gasteiger partial charge in [-0.25, -0.2) is 0 Å². The van der Waals surface area contributed by atoms with Crippen molar-refractivity contribution in [3.63, 3.8) is 0 Å². The van der Waals surface area contributed by atoms with Crippen LogP contribution in [-0.4, -0.2) is 13.4 Å². The van der Waals surface area contributed by atoms with Gasteiger partial charge in [-0.3, -0.25) is 0 Å². The van der Waals surface area contributed by atoms with Gasteiger partial charge in [-0.15, -0.1) is 0 Å². The minimum atomic E-state index is -0.491. The molecule has 0 aliphatic heterocycles. The Morgan fingerprint density at radius 1 is 1.43 bits per heavy atom. The van der Waals surface area contributed by atoms with Crippen LogP contribution in [0.1, 0.15) is 11.7 Å². The number of rotatable bonds is 3. The van der Waals surface area contributed by atoms with E-state index in [9.17, 15) is 4.79 Å². The van der Waals surface area contributed by atoms with Gasteiger partial charge in [-0.1, -0.05) is 6.07 Å². The van der Waals surface area contributed by atoms with E-state index in [4.69, 9.17) is 9.15 Å². The summed E-state index contributed by atoms with van der Waals surface area (Å²) in [5.74, 6) is 0. The number of ether oxygens (including phenoxy) is 1. The third kappa shape index (κ3) is 1.42. The van der Waals surface area contributed by atoms with Crippen molar-refractivity contribution in [2.24, 2.45) is 0 Å². The first-order chi connectivity index (χ1) is 6.85. The van der Waals surface area contributed by atoms with Gasteiger partial charge in [0.2, 0.25) is 0 Å². The number of carbonyl (C=O) groups is 1. The molecule has 0 bridgehead atoms. The van der Waals surface area contributed by atoms with Crippen LogP contribution < -0.4 is 0 Å². The number of aldehydes is 1. The number of hydrogen-bond donors (Lipinski definition) is 0. The zero-order chi connectivity index (χ0) is 9.97. The van der Waals surface area contributed by atoms with E-state index in [1.165, 1.54) is 7.11 Å². The average Bonchev–Trinajstić information content (AvgIpc) is 2.66. The molecule has 0 N–H and O–H groups in total. The molecule has 1 unspecified atom stereocenters. The maximum absolute atomic E-state index is 10.7. The Morgan fingerprint density at radius 3 is 3.00 bits per heavy atom. The van der Waals surface area contributed by atoms with Gasteiger partial charge in [-0.2, -0.15) is 0 Å². The summed E-state index contributed by atoms with van der Waals surface area (Å²) in [6.45, 7) is 0. The van der Waals surface area contributed by atoms with E-state index in [0.717, 1.165) is 22.8 Å². The molecule has 0 radical (unpaired) electrons. The van der Waals surface area contributed by atoms with Gasteiger partial charge in [0.1, 0.15) is 11.7 Å². The average molecular weight is 190 g/mol. The van der Waals surface area contributed by atoms with Crippen LogP contribution in [-0.2, 0) is 9.53 Å². The fraction of sp³-hybridized carbons (Fsp3) is 0.182. The predicted octanol–water partition coefficient (Wildman–Crippen LogP) is 2.32. The highest BCUT2D eigenvalue weighted by atomic mass is 16.5. The second-order valence-corrected chi connectivity index (χ2v) is 3.01. The molecule has 0 aliphatic carbocycles. The van der Waals surface area contributed by atoms with Crippen molar-refractivity contribution in [3.05, 3.63) is 36.1 Å². The summed E-state index contributed by atoms with van der Waals surface area (Å²) in [6, 6.07) is 7.41. The second-order valence-electron chi connectivity index (χ2n) is 3.01. The van der Waals surface area contributed by atoms with Crippen molar-refractivity contribution in [1.82, 2.24) is 0 Å². The fourth-order valence-corrected chi connectivity index (χ4v) is 1.43. The number of fused-ring (bicyclic) bond motifs is 1. The Bertz CT molecular complexity index is 444. The molecule has 14 heavy (non-hydrogen) atoms. The Morgan fingerprint density at radius 2 is 2.29 bits per heavy atom. The minimum absolute atomic E-state index is 0.491. The zero-order valence-corrected chi connectivity index (χ0v) is 7.77. The van der Waals surface area contributed by atoms with E-state index < -0.39 is 6.10 Å². The van der Waals surface area contributed by atoms with E-state index in [1.807, 2.05) is 24.3 Å². The lowest BCUT2D eigenvalue weighted by Crippen LogP contribution is -2.01. The number of hydrogen-bond acceptors (Lipinski definition) is 3. The van der Waals surface area contributed by atoms with Crippen LogP contribution in [0.15, 0.2) is 34.9 Å². The minimum Gasteiger partial charge on any atom is -0.464 e. The lowest BCUT2D eigenvalue weighted by atomic mass is 10.1. The van der Waals surface area contributed by atoms with Crippen LogP contribution in [0.4, 0.5) is 0 Å². The van der Waals surface area contributed by atoms with Crippen LogP contribution >= 0.6 is 0 Å². The van der Waals surface area contributed by atoms with Gasteiger partial charge in [0.25, 0.3) is 0 Å². The zero-order valence-electron chi connectivity index (χ0n) is 7.77. The van der Waals surface area contributed by atoms with Crippen molar-refractivity contribution in [2.45, 2.75) is 6.10 Å². The van der Waals surface area contributed by atoms with Crippen molar-refractivity contribution in [2.75, 3.05) is 7.11 Å². The number of furan rings is 1. The highest BCUT2D eigenvalue weighted by Crippen LogP contribution is 2.21. The summed E-state index contributed by atoms with van der Waals surface area (Å²) in [4.78, 5) is 10.7. The third-order valence-corrected chi connectivity index (χ3v) is 2.18. The van der Waals surface area contributed by atoms with E-state index in [2.05, 4.69) is 0 Å². The van der Waals surface area contributed by atoms with Gasteiger partial charge in [0.15, 0.2) is 6.29 Å². The van der Waals surface area contributed by atoms with Crippen molar-refractivity contribution < 1.29 is 13.9 Å². The van der Waals surface area contributed by atoms with Crippen molar-refractivity contribution in [3.8, 4) is 0 Å². The van der Waals surface area contributed by atoms with Crippen molar-refractivity contribution >= 4 is 17.3 Å². The Kier molecular flexibility index (Phi) is 2.33. The molecule has 2 aromatic rings. The first kappa shape index (κ1) is 8.97. The number of benzene rings is 1. The molecule has 0 saturated carbocycles. The van der Waals surface area contributed by atoms with E-state index in [1.54, 1.807) is 6.26 Å². The molecule has 1 atom stereocenters. The molecule has 0 saturated heterocycles. The molecule has 0 aliphatic rings. The highest BCUT2D eigenvalue weighted by Gasteiger charge is 2.09. The standard InChI is InChI=1S/C11H10O3/c1-13-11(7-12)8-2-3-10-9(6-8)4-5-14-10/h2-7,11H,1H3. The molecule has 1 heterocycles. The van der Waals surface area contributed by atoms with Gasteiger partial charge >= 0.3 is 0 Å². The molecule has 0 spiro atoms. The van der Waals surface area contributed by atoms with Crippen LogP contribution in [0, 0.1) is 0 Å². The maximum atomic E-state index is 10.7. The van der Waals surface area contributed by atoms with E-state index in [0.29, 0.717) is 0 Å². The first-order valence-electron chi connectivity index (χ1n) is 4.30. The quantitative estimate of drug-likeness (QED) is 0.697. The Balaban J connectivity index is 2.47. The summed E-state index contributed by atoms with van der Waals surface area (Å²) in [6.07, 6.45) is 1.91. The molecule has 0 fully saturated rings. The summed E-state index contributed by atoms with van der Waals surface area (Å²) in [5, 5.41) is 0.978. The summed E-state index contributed by atoms with van der Waals surface area (Å²) >= 11 is 0. The van der Waals surface area contributed by atoms with Gasteiger partial charge in [0.05, 0.1) is 6.26 Å². The van der Waals surface area contributed by atoms with Gasteiger partial charge in [0, 0.05) is 12.5 Å². The highest BCUT2D eigenvalue weighted by molar-refractivity contribution is 5.79. The Labute approximate surface area is 81.3 Å². The molecule has 2 rings (SSSR count). The van der Waals surface area contributed by atoms with Crippen LogP contribution in [0.3, 0.4) is 0 Å². The Hall–Kier alpha value is -1.61. The first-order valence-corrected chi connectivity index (χ1v) is 4.30. The summed E-state index contributed by atoms with van der Waals surface area (Å²) in [5.41, 5.74) is 1.66. The predicted molar refractivity (Wildman–Crippen MR) is 52.0 cm³/mol. The lowest BCUT2D eigenvalue weighted by molar-refractivity contribution is -0.116. The largest absolute Gasteiger partial charge is 0.464 e. The molecule has 3 heteroatoms. The van der Waals surface area contributed by atoms with E-state index >= 15 is 0 Å². The fourth-order valence-electron chi connectivity index (χ4n) is 1.43. The SMILES string of the molecule is COC(C=O)c1ccc2occc2c1. The molecule has 3 nitrogen and oxygen atoms in total. The van der Waals surface area contributed by atoms with E-state index in [-0.39, 0.29) is 0 Å². The van der Waals surface area contributed by atoms with Crippen LogP contribution in [0.25, 0.3) is 11.0 Å². The summed E-state index contributed by atoms with van der Waals surface area (Å²) in [7, 11) is 1.51. The smallest absolute Gasteiger partial charge is 0.153 e. The second kappa shape index (κ2) is 3.64. The third-order valence-electron chi connectivity index (χ3n) is 2.18. The summed E-state index contributed by atoms with van der Waals surface area (Å²) < 4.78 is 10.2. The monoisotopic (exact) mass is 190 g/mol. The van der Waals surface area contributed by atoms with Gasteiger partial charge in [-0.05, 0) is 23.8 Å². The molecule has 0 amide bonds. The number of methoxy groups -OCH3 is 1. The molecule has 1 aromatic carbocycles. The normalized spacial score (nSPS) is 12.9. The topological polar surface area (TPSA) is 39.4 Å². The maximum Gasteiger partial charge on any atom is 0.153 e. The molecular formula is C11H10O3. The number of carbonyl (C=O) groups excluding carboxylic acids is 1.